The molecule has 0 unspecified atom stereocenters. The molecular weight excluding hydrogens is 441 g/mol. The number of allylic oxidation sites excluding steroid dienone is 1. The summed E-state index contributed by atoms with van der Waals surface area (Å²) in [5, 5.41) is 5.83. The van der Waals surface area contributed by atoms with Gasteiger partial charge in [0.1, 0.15) is 17.1 Å². The number of furan rings is 1. The summed E-state index contributed by atoms with van der Waals surface area (Å²) in [4.78, 5) is 12.6. The van der Waals surface area contributed by atoms with Crippen molar-refractivity contribution in [2.75, 3.05) is 11.9 Å². The number of anilines is 1. The van der Waals surface area contributed by atoms with E-state index in [1.807, 2.05) is 38.1 Å². The number of nitrogens with one attached hydrogen (secondary N) is 1. The number of fused-ring (bicyclic) bond motifs is 2. The lowest BCUT2D eigenvalue weighted by Gasteiger charge is -2.12. The fourth-order valence-corrected chi connectivity index (χ4v) is 4.22. The zero-order valence-corrected chi connectivity index (χ0v) is 19.5. The first-order valence-corrected chi connectivity index (χ1v) is 11.4. The van der Waals surface area contributed by atoms with Crippen LogP contribution < -0.4 is 10.1 Å². The highest BCUT2D eigenvalue weighted by molar-refractivity contribution is 6.05. The lowest BCUT2D eigenvalue weighted by Crippen LogP contribution is -2.10. The molecule has 1 heterocycles. The van der Waals surface area contributed by atoms with Crippen LogP contribution >= 0.6 is 0 Å². The van der Waals surface area contributed by atoms with E-state index in [1.54, 1.807) is 18.4 Å². The van der Waals surface area contributed by atoms with E-state index < -0.39 is 11.7 Å². The van der Waals surface area contributed by atoms with Crippen LogP contribution in [0.3, 0.4) is 0 Å². The summed E-state index contributed by atoms with van der Waals surface area (Å²) in [6, 6.07) is 24.4. The van der Waals surface area contributed by atoms with Crippen molar-refractivity contribution >= 4 is 38.9 Å². The number of hydrogen-bond acceptors (Lipinski definition) is 3. The third kappa shape index (κ3) is 4.53. The van der Waals surface area contributed by atoms with Crippen LogP contribution in [0, 0.1) is 5.82 Å². The molecule has 4 nitrogen and oxygen atoms in total. The van der Waals surface area contributed by atoms with Crippen molar-refractivity contribution in [3.8, 4) is 16.9 Å². The predicted octanol–water partition coefficient (Wildman–Crippen LogP) is 7.83. The molecule has 35 heavy (non-hydrogen) atoms. The van der Waals surface area contributed by atoms with Crippen LogP contribution in [0.25, 0.3) is 38.4 Å². The molecule has 1 N–H and O–H groups in total. The lowest BCUT2D eigenvalue weighted by atomic mass is 9.97. The second-order valence-electron chi connectivity index (χ2n) is 8.29. The number of para-hydroxylation sites is 1. The third-order valence-electron chi connectivity index (χ3n) is 5.94. The van der Waals surface area contributed by atoms with E-state index in [9.17, 15) is 9.18 Å². The van der Waals surface area contributed by atoms with Crippen LogP contribution in [0.1, 0.15) is 19.4 Å². The molecule has 4 aromatic carbocycles. The van der Waals surface area contributed by atoms with Crippen LogP contribution in [0.2, 0.25) is 0 Å². The van der Waals surface area contributed by atoms with Crippen molar-refractivity contribution in [1.82, 2.24) is 0 Å². The van der Waals surface area contributed by atoms with Crippen molar-refractivity contribution in [2.45, 2.75) is 13.8 Å². The SMILES string of the molecule is CCOc1cc2occ(-c3ccc4ccccc4c3)c2cc1/C(C)=C/C(=O)Nc1ccccc1F. The smallest absolute Gasteiger partial charge is 0.248 e. The Kier molecular flexibility index (Phi) is 6.06. The van der Waals surface area contributed by atoms with Gasteiger partial charge in [-0.15, -0.1) is 0 Å². The fourth-order valence-electron chi connectivity index (χ4n) is 4.22. The predicted molar refractivity (Wildman–Crippen MR) is 139 cm³/mol. The van der Waals surface area contributed by atoms with Gasteiger partial charge in [-0.1, -0.05) is 48.5 Å². The van der Waals surface area contributed by atoms with Gasteiger partial charge in [-0.05, 0) is 60.0 Å². The van der Waals surface area contributed by atoms with Gasteiger partial charge in [0, 0.05) is 28.7 Å². The van der Waals surface area contributed by atoms with Gasteiger partial charge < -0.3 is 14.5 Å². The maximum atomic E-state index is 14.0. The molecule has 5 rings (SSSR count). The molecule has 0 aliphatic rings. The minimum Gasteiger partial charge on any atom is -0.493 e. The molecule has 0 fully saturated rings. The van der Waals surface area contributed by atoms with E-state index in [-0.39, 0.29) is 5.69 Å². The van der Waals surface area contributed by atoms with Crippen molar-refractivity contribution in [3.05, 3.63) is 103 Å². The van der Waals surface area contributed by atoms with Gasteiger partial charge in [-0.3, -0.25) is 4.79 Å². The number of carbonyl (C=O) groups excluding carboxylic acids is 1. The molecule has 0 atom stereocenters. The van der Waals surface area contributed by atoms with Crippen molar-refractivity contribution in [2.24, 2.45) is 0 Å². The number of carbonyl (C=O) groups is 1. The van der Waals surface area contributed by atoms with Crippen LogP contribution in [0.15, 0.2) is 95.6 Å². The minimum atomic E-state index is -0.484. The molecule has 1 aromatic heterocycles. The number of benzene rings is 4. The zero-order valence-electron chi connectivity index (χ0n) is 19.5. The zero-order chi connectivity index (χ0) is 24.4. The minimum absolute atomic E-state index is 0.135. The second-order valence-corrected chi connectivity index (χ2v) is 8.29. The van der Waals surface area contributed by atoms with Gasteiger partial charge in [0.05, 0.1) is 18.6 Å². The number of ether oxygens (including phenoxy) is 1. The Labute approximate surface area is 202 Å². The highest BCUT2D eigenvalue weighted by Gasteiger charge is 2.16. The molecule has 0 aliphatic heterocycles. The Balaban J connectivity index is 1.55. The summed E-state index contributed by atoms with van der Waals surface area (Å²) < 4.78 is 25.7. The average molecular weight is 466 g/mol. The summed E-state index contributed by atoms with van der Waals surface area (Å²) in [6.45, 7) is 4.20. The first-order chi connectivity index (χ1) is 17.0. The van der Waals surface area contributed by atoms with Gasteiger partial charge in [-0.25, -0.2) is 4.39 Å². The molecule has 0 bridgehead atoms. The van der Waals surface area contributed by atoms with Crippen LogP contribution in [0.5, 0.6) is 5.75 Å². The number of rotatable bonds is 6. The Morgan fingerprint density at radius 3 is 2.57 bits per heavy atom. The first-order valence-electron chi connectivity index (χ1n) is 11.4. The molecule has 0 saturated carbocycles. The quantitative estimate of drug-likeness (QED) is 0.260. The summed E-state index contributed by atoms with van der Waals surface area (Å²) in [7, 11) is 0. The van der Waals surface area contributed by atoms with Crippen molar-refractivity contribution in [3.63, 3.8) is 0 Å². The molecule has 0 saturated heterocycles. The van der Waals surface area contributed by atoms with E-state index in [0.717, 1.165) is 27.5 Å². The maximum absolute atomic E-state index is 14.0. The largest absolute Gasteiger partial charge is 0.493 e. The molecule has 0 radical (unpaired) electrons. The normalized spacial score (nSPS) is 11.7. The summed E-state index contributed by atoms with van der Waals surface area (Å²) in [5.74, 6) is -0.286. The van der Waals surface area contributed by atoms with E-state index >= 15 is 0 Å². The van der Waals surface area contributed by atoms with E-state index in [1.165, 1.54) is 23.6 Å². The van der Waals surface area contributed by atoms with Crippen molar-refractivity contribution < 1.29 is 18.3 Å². The van der Waals surface area contributed by atoms with Gasteiger partial charge >= 0.3 is 0 Å². The molecular formula is C30H24FNO3. The Bertz CT molecular complexity index is 1580. The maximum Gasteiger partial charge on any atom is 0.248 e. The van der Waals surface area contributed by atoms with Crippen LogP contribution in [-0.4, -0.2) is 12.5 Å². The van der Waals surface area contributed by atoms with Gasteiger partial charge in [-0.2, -0.15) is 0 Å². The number of hydrogen-bond donors (Lipinski definition) is 1. The third-order valence-corrected chi connectivity index (χ3v) is 5.94. The molecule has 0 spiro atoms. The Hall–Kier alpha value is -4.38. The summed E-state index contributed by atoms with van der Waals surface area (Å²) in [6.07, 6.45) is 3.20. The van der Waals surface area contributed by atoms with E-state index in [2.05, 4.69) is 35.6 Å². The number of halogens is 1. The van der Waals surface area contributed by atoms with Gasteiger partial charge in [0.25, 0.3) is 0 Å². The van der Waals surface area contributed by atoms with Crippen molar-refractivity contribution in [1.29, 1.82) is 0 Å². The van der Waals surface area contributed by atoms with E-state index in [4.69, 9.17) is 9.15 Å². The van der Waals surface area contributed by atoms with Gasteiger partial charge in [0.15, 0.2) is 0 Å². The Morgan fingerprint density at radius 2 is 1.77 bits per heavy atom. The topological polar surface area (TPSA) is 51.5 Å². The monoisotopic (exact) mass is 465 g/mol. The molecule has 0 aliphatic carbocycles. The second kappa shape index (κ2) is 9.47. The highest BCUT2D eigenvalue weighted by atomic mass is 19.1. The molecule has 1 amide bonds. The number of amides is 1. The molecule has 5 heteroatoms. The summed E-state index contributed by atoms with van der Waals surface area (Å²) in [5.41, 5.74) is 4.29. The lowest BCUT2D eigenvalue weighted by molar-refractivity contribution is -0.111. The first kappa shape index (κ1) is 22.4. The highest BCUT2D eigenvalue weighted by Crippen LogP contribution is 2.38. The van der Waals surface area contributed by atoms with Crippen LogP contribution in [0.4, 0.5) is 10.1 Å². The Morgan fingerprint density at radius 1 is 1.00 bits per heavy atom. The average Bonchev–Trinajstić information content (AvgIpc) is 3.27. The fraction of sp³-hybridized carbons (Fsp3) is 0.100. The van der Waals surface area contributed by atoms with E-state index in [0.29, 0.717) is 23.5 Å². The van der Waals surface area contributed by atoms with Crippen LogP contribution in [-0.2, 0) is 4.79 Å². The molecule has 5 aromatic rings. The summed E-state index contributed by atoms with van der Waals surface area (Å²) >= 11 is 0. The van der Waals surface area contributed by atoms with Gasteiger partial charge in [0.2, 0.25) is 5.91 Å². The standard InChI is InChI=1S/C30H24FNO3/c1-3-34-28-17-29-24(25(18-35-29)22-13-12-20-8-4-5-9-21(20)15-22)16-23(28)19(2)14-30(33)32-27-11-7-6-10-26(27)31/h4-18H,3H2,1-2H3,(H,32,33)/b19-14+. The molecule has 174 valence electrons.